The number of aryl methyl sites for hydroxylation is 1. The van der Waals surface area contributed by atoms with Gasteiger partial charge in [0.15, 0.2) is 0 Å². The number of nitrogens with one attached hydrogen (secondary N) is 2. The molecule has 2 aromatic rings. The Labute approximate surface area is 256 Å². The van der Waals surface area contributed by atoms with Gasteiger partial charge in [-0.15, -0.1) is 0 Å². The largest absolute Gasteiger partial charge is 0.339 e. The van der Waals surface area contributed by atoms with Gasteiger partial charge in [-0.2, -0.15) is 14.0 Å². The predicted molar refractivity (Wildman–Crippen MR) is 160 cm³/mol. The van der Waals surface area contributed by atoms with Gasteiger partial charge in [-0.3, -0.25) is 19.2 Å². The van der Waals surface area contributed by atoms with Crippen molar-refractivity contribution in [3.8, 4) is 6.07 Å². The molecule has 4 atom stereocenters. The number of amides is 4. The quantitative estimate of drug-likeness (QED) is 0.446. The molecule has 1 saturated heterocycles. The number of anilines is 1. The molecule has 0 aliphatic carbocycles. The third-order valence-corrected chi connectivity index (χ3v) is 8.44. The molecule has 2 heterocycles. The van der Waals surface area contributed by atoms with Crippen LogP contribution in [0, 0.1) is 16.7 Å². The van der Waals surface area contributed by atoms with E-state index in [-0.39, 0.29) is 31.7 Å². The number of hydrogen-bond donors (Lipinski definition) is 2. The molecule has 2 aliphatic rings. The van der Waals surface area contributed by atoms with Crippen LogP contribution in [0.1, 0.15) is 58.1 Å². The van der Waals surface area contributed by atoms with E-state index in [0.717, 1.165) is 4.90 Å². The molecule has 0 unspecified atom stereocenters. The van der Waals surface area contributed by atoms with Crippen LogP contribution >= 0.6 is 0 Å². The van der Waals surface area contributed by atoms with Crippen LogP contribution in [0.5, 0.6) is 0 Å². The van der Waals surface area contributed by atoms with E-state index in [4.69, 9.17) is 0 Å². The van der Waals surface area contributed by atoms with E-state index in [2.05, 4.69) is 16.7 Å². The van der Waals surface area contributed by atoms with Crippen LogP contribution in [0.3, 0.4) is 0 Å². The Morgan fingerprint density at radius 2 is 1.77 bits per heavy atom. The number of carbonyl (C=O) groups excluding carboxylic acids is 4. The zero-order valence-corrected chi connectivity index (χ0v) is 25.7. The van der Waals surface area contributed by atoms with Crippen molar-refractivity contribution in [3.05, 3.63) is 65.7 Å². The smallest absolute Gasteiger partial charge is 0.324 e. The van der Waals surface area contributed by atoms with Gasteiger partial charge in [-0.05, 0) is 42.4 Å². The number of nitriles is 1. The molecule has 1 fully saturated rings. The Morgan fingerprint density at radius 3 is 2.41 bits per heavy atom. The van der Waals surface area contributed by atoms with Crippen molar-refractivity contribution in [2.45, 2.75) is 82.8 Å². The number of halogens is 2. The molecule has 4 rings (SSSR count). The second-order valence-electron chi connectivity index (χ2n) is 13.0. The first kappa shape index (κ1) is 32.6. The third kappa shape index (κ3) is 6.59. The summed E-state index contributed by atoms with van der Waals surface area (Å²) in [5.41, 5.74) is 0.441. The predicted octanol–water partition coefficient (Wildman–Crippen LogP) is 4.04. The second-order valence-corrected chi connectivity index (χ2v) is 13.0. The van der Waals surface area contributed by atoms with Gasteiger partial charge in [-0.25, -0.2) is 0 Å². The lowest BCUT2D eigenvalue weighted by Crippen LogP contribution is -2.57. The number of likely N-dealkylation sites (tertiary alicyclic amines) is 1. The van der Waals surface area contributed by atoms with Gasteiger partial charge in [-0.1, -0.05) is 69.3 Å². The Balaban J connectivity index is 1.51. The van der Waals surface area contributed by atoms with Crippen molar-refractivity contribution in [2.75, 3.05) is 18.9 Å². The summed E-state index contributed by atoms with van der Waals surface area (Å²) in [6.45, 7) is 6.91. The minimum atomic E-state index is -3.72. The Morgan fingerprint density at radius 1 is 1.14 bits per heavy atom. The van der Waals surface area contributed by atoms with Crippen LogP contribution in [0.25, 0.3) is 0 Å². The van der Waals surface area contributed by atoms with Gasteiger partial charge in [0.1, 0.15) is 18.1 Å². The van der Waals surface area contributed by atoms with E-state index in [0.29, 0.717) is 16.8 Å². The molecule has 2 aliphatic heterocycles. The van der Waals surface area contributed by atoms with Gasteiger partial charge in [0.25, 0.3) is 5.91 Å². The average molecular weight is 608 g/mol. The van der Waals surface area contributed by atoms with Gasteiger partial charge in [0, 0.05) is 32.1 Å². The summed E-state index contributed by atoms with van der Waals surface area (Å²) in [5.74, 6) is -6.84. The summed E-state index contributed by atoms with van der Waals surface area (Å²) in [6, 6.07) is 14.6. The maximum absolute atomic E-state index is 14.7. The normalized spacial score (nSPS) is 20.8. The highest BCUT2D eigenvalue weighted by molar-refractivity contribution is 6.07. The fraction of sp³-hybridized carbons (Fsp3) is 0.485. The monoisotopic (exact) mass is 607 g/mol. The lowest BCUT2D eigenvalue weighted by Gasteiger charge is -2.37. The van der Waals surface area contributed by atoms with Crippen LogP contribution in [0.15, 0.2) is 54.6 Å². The highest BCUT2D eigenvalue weighted by Gasteiger charge is 2.57. The molecule has 4 amide bonds. The third-order valence-electron chi connectivity index (χ3n) is 8.44. The fourth-order valence-electron chi connectivity index (χ4n) is 6.03. The molecule has 9 nitrogen and oxygen atoms in total. The standard InChI is InChI=1S/C33H39F2N5O4/c1-21(37-30(44)33(34,35)16-15-22-11-7-6-8-12-22)27(41)39(5)26(18-31(2,3)4)28(42)40-20-32(17-23(40)19-36)24-13-9-10-14-25(24)38-29(32)43/h6-14,21,23,26H,15-18,20H2,1-5H3,(H,37,44)(H,38,43)/t21-,23-,26-,32-/m0/s1. The topological polar surface area (TPSA) is 123 Å². The van der Waals surface area contributed by atoms with E-state index in [1.54, 1.807) is 54.6 Å². The minimum Gasteiger partial charge on any atom is -0.339 e. The lowest BCUT2D eigenvalue weighted by molar-refractivity contribution is -0.152. The maximum atomic E-state index is 14.7. The van der Waals surface area contributed by atoms with Crippen molar-refractivity contribution < 1.29 is 28.0 Å². The number of fused-ring (bicyclic) bond motifs is 2. The molecule has 0 radical (unpaired) electrons. The number of benzene rings is 2. The number of rotatable bonds is 9. The van der Waals surface area contributed by atoms with Gasteiger partial charge in [0.2, 0.25) is 17.7 Å². The van der Waals surface area contributed by atoms with Crippen molar-refractivity contribution in [2.24, 2.45) is 5.41 Å². The van der Waals surface area contributed by atoms with Crippen LogP contribution in [0.4, 0.5) is 14.5 Å². The summed E-state index contributed by atoms with van der Waals surface area (Å²) in [5, 5.41) is 15.0. The zero-order valence-electron chi connectivity index (χ0n) is 25.7. The molecule has 234 valence electrons. The first-order chi connectivity index (χ1) is 20.6. The van der Waals surface area contributed by atoms with Gasteiger partial charge in [0.05, 0.1) is 11.5 Å². The summed E-state index contributed by atoms with van der Waals surface area (Å²) in [7, 11) is 1.39. The zero-order chi connectivity index (χ0) is 32.4. The molecular formula is C33H39F2N5O4. The van der Waals surface area contributed by atoms with Gasteiger partial charge < -0.3 is 20.4 Å². The van der Waals surface area contributed by atoms with Crippen LogP contribution in [0.2, 0.25) is 0 Å². The van der Waals surface area contributed by atoms with Crippen molar-refractivity contribution in [1.82, 2.24) is 15.1 Å². The molecule has 0 aromatic heterocycles. The lowest BCUT2D eigenvalue weighted by atomic mass is 9.80. The van der Waals surface area contributed by atoms with Crippen molar-refractivity contribution in [1.29, 1.82) is 5.26 Å². The molecule has 2 aromatic carbocycles. The average Bonchev–Trinajstić information content (AvgIpc) is 3.51. The van der Waals surface area contributed by atoms with E-state index in [9.17, 15) is 33.2 Å². The van der Waals surface area contributed by atoms with Gasteiger partial charge >= 0.3 is 5.92 Å². The summed E-state index contributed by atoms with van der Waals surface area (Å²) < 4.78 is 29.5. The maximum Gasteiger partial charge on any atom is 0.324 e. The fourth-order valence-corrected chi connectivity index (χ4v) is 6.03. The number of nitrogens with zero attached hydrogens (tertiary/aromatic N) is 3. The number of hydrogen-bond acceptors (Lipinski definition) is 5. The molecule has 0 saturated carbocycles. The first-order valence-corrected chi connectivity index (χ1v) is 14.7. The molecular weight excluding hydrogens is 568 g/mol. The molecule has 0 bridgehead atoms. The molecule has 2 N–H and O–H groups in total. The Kier molecular flexibility index (Phi) is 9.14. The highest BCUT2D eigenvalue weighted by atomic mass is 19.3. The number of carbonyl (C=O) groups is 4. The summed E-state index contributed by atoms with van der Waals surface area (Å²) in [4.78, 5) is 55.9. The number of alkyl halides is 2. The Hall–Kier alpha value is -4.33. The minimum absolute atomic E-state index is 0.0223. The van der Waals surface area contributed by atoms with E-state index in [1.807, 2.05) is 20.8 Å². The molecule has 11 heteroatoms. The number of likely N-dealkylation sites (N-methyl/N-ethyl adjacent to an activating group) is 1. The van der Waals surface area contributed by atoms with E-state index < -0.39 is 59.0 Å². The molecule has 44 heavy (non-hydrogen) atoms. The van der Waals surface area contributed by atoms with Crippen LogP contribution in [-0.2, 0) is 31.0 Å². The SMILES string of the molecule is C[C@H](NC(=O)C(F)(F)CCc1ccccc1)C(=O)N(C)[C@@H](CC(C)(C)C)C(=O)N1C[C@]2(C[C@H]1C#N)C(=O)Nc1ccccc12. The second kappa shape index (κ2) is 12.3. The van der Waals surface area contributed by atoms with Crippen molar-refractivity contribution in [3.63, 3.8) is 0 Å². The number of para-hydroxylation sites is 1. The summed E-state index contributed by atoms with van der Waals surface area (Å²) >= 11 is 0. The summed E-state index contributed by atoms with van der Waals surface area (Å²) in [6.07, 6.45) is -0.464. The molecule has 1 spiro atoms. The van der Waals surface area contributed by atoms with E-state index in [1.165, 1.54) is 18.9 Å². The van der Waals surface area contributed by atoms with E-state index >= 15 is 0 Å². The highest BCUT2D eigenvalue weighted by Crippen LogP contribution is 2.46. The van der Waals surface area contributed by atoms with Crippen LogP contribution in [-0.4, -0.2) is 71.1 Å². The van der Waals surface area contributed by atoms with Crippen LogP contribution < -0.4 is 10.6 Å². The first-order valence-electron chi connectivity index (χ1n) is 14.7. The van der Waals surface area contributed by atoms with Crippen molar-refractivity contribution >= 4 is 29.3 Å². The Bertz CT molecular complexity index is 1470.